The first-order chi connectivity index (χ1) is 11.9. The topological polar surface area (TPSA) is 0 Å². The number of benzene rings is 3. The van der Waals surface area contributed by atoms with Crippen molar-refractivity contribution in [1.29, 1.82) is 0 Å². The molecular weight excluding hydrogens is 328 g/mol. The van der Waals surface area contributed by atoms with E-state index in [1.807, 2.05) is 22.7 Å². The molecule has 0 aliphatic heterocycles. The predicted octanol–water partition coefficient (Wildman–Crippen LogP) is 7.45. The molecule has 5 aromatic rings. The van der Waals surface area contributed by atoms with Gasteiger partial charge in [0.2, 0.25) is 0 Å². The van der Waals surface area contributed by atoms with Crippen LogP contribution in [-0.2, 0) is 0 Å². The average Bonchev–Trinajstić information content (AvgIpc) is 3.33. The van der Waals surface area contributed by atoms with Gasteiger partial charge in [-0.15, -0.1) is 22.7 Å². The Labute approximate surface area is 148 Å². The van der Waals surface area contributed by atoms with Gasteiger partial charge < -0.3 is 0 Å². The van der Waals surface area contributed by atoms with Crippen molar-refractivity contribution in [2.45, 2.75) is 0 Å². The van der Waals surface area contributed by atoms with Gasteiger partial charge in [0.25, 0.3) is 0 Å². The summed E-state index contributed by atoms with van der Waals surface area (Å²) in [6.07, 6.45) is 0. The maximum absolute atomic E-state index is 2.26. The van der Waals surface area contributed by atoms with E-state index in [4.69, 9.17) is 0 Å². The minimum Gasteiger partial charge on any atom is -0.144 e. The Morgan fingerprint density at radius 2 is 0.792 bits per heavy atom. The van der Waals surface area contributed by atoms with Crippen molar-refractivity contribution >= 4 is 44.2 Å². The fraction of sp³-hybridized carbons (Fsp3) is 0. The molecule has 2 aromatic heterocycles. The molecule has 0 fully saturated rings. The van der Waals surface area contributed by atoms with Gasteiger partial charge in [-0.05, 0) is 44.4 Å². The van der Waals surface area contributed by atoms with Crippen LogP contribution in [0.1, 0.15) is 0 Å². The zero-order valence-corrected chi connectivity index (χ0v) is 14.5. The van der Waals surface area contributed by atoms with Gasteiger partial charge in [0.1, 0.15) is 0 Å². The molecular formula is C22H14S2. The van der Waals surface area contributed by atoms with E-state index < -0.39 is 0 Å². The highest BCUT2D eigenvalue weighted by molar-refractivity contribution is 7.14. The van der Waals surface area contributed by atoms with Crippen LogP contribution in [0.25, 0.3) is 42.4 Å². The molecule has 5 rings (SSSR count). The number of hydrogen-bond donors (Lipinski definition) is 0. The highest BCUT2D eigenvalue weighted by atomic mass is 32.1. The van der Waals surface area contributed by atoms with Crippen LogP contribution >= 0.6 is 22.7 Å². The molecule has 0 atom stereocenters. The second-order valence-corrected chi connectivity index (χ2v) is 7.69. The van der Waals surface area contributed by atoms with Crippen LogP contribution < -0.4 is 0 Å². The molecule has 114 valence electrons. The Kier molecular flexibility index (Phi) is 3.25. The first-order valence-corrected chi connectivity index (χ1v) is 9.70. The predicted molar refractivity (Wildman–Crippen MR) is 108 cm³/mol. The first kappa shape index (κ1) is 14.0. The Morgan fingerprint density at radius 3 is 1.08 bits per heavy atom. The van der Waals surface area contributed by atoms with Crippen molar-refractivity contribution in [1.82, 2.24) is 0 Å². The zero-order valence-electron chi connectivity index (χ0n) is 12.9. The van der Waals surface area contributed by atoms with E-state index in [1.165, 1.54) is 42.4 Å². The van der Waals surface area contributed by atoms with E-state index >= 15 is 0 Å². The van der Waals surface area contributed by atoms with E-state index in [1.54, 1.807) is 0 Å². The van der Waals surface area contributed by atoms with Crippen LogP contribution in [0.3, 0.4) is 0 Å². The van der Waals surface area contributed by atoms with Gasteiger partial charge in [0.05, 0.1) is 0 Å². The van der Waals surface area contributed by atoms with E-state index in [0.717, 1.165) is 0 Å². The normalized spacial score (nSPS) is 11.3. The summed E-state index contributed by atoms with van der Waals surface area (Å²) < 4.78 is 0. The monoisotopic (exact) mass is 342 g/mol. The zero-order chi connectivity index (χ0) is 15.9. The molecule has 0 aliphatic rings. The minimum atomic E-state index is 1.33. The van der Waals surface area contributed by atoms with Gasteiger partial charge in [-0.3, -0.25) is 0 Å². The largest absolute Gasteiger partial charge is 0.144 e. The second kappa shape index (κ2) is 5.59. The molecule has 0 bridgehead atoms. The van der Waals surface area contributed by atoms with Crippen LogP contribution in [0.5, 0.6) is 0 Å². The van der Waals surface area contributed by atoms with Crippen molar-refractivity contribution in [3.05, 3.63) is 83.6 Å². The van der Waals surface area contributed by atoms with E-state index in [-0.39, 0.29) is 0 Å². The van der Waals surface area contributed by atoms with Gasteiger partial charge >= 0.3 is 0 Å². The van der Waals surface area contributed by atoms with E-state index in [0.29, 0.717) is 0 Å². The number of rotatable bonds is 2. The molecule has 0 unspecified atom stereocenters. The highest BCUT2D eigenvalue weighted by Gasteiger charge is 2.16. The molecule has 2 heterocycles. The van der Waals surface area contributed by atoms with Gasteiger partial charge in [-0.1, -0.05) is 60.7 Å². The molecule has 3 aromatic carbocycles. The smallest absolute Gasteiger partial charge is 0.0355 e. The quantitative estimate of drug-likeness (QED) is 0.292. The molecule has 0 nitrogen and oxygen atoms in total. The van der Waals surface area contributed by atoms with Crippen molar-refractivity contribution < 1.29 is 0 Å². The Morgan fingerprint density at radius 1 is 0.417 bits per heavy atom. The third-order valence-electron chi connectivity index (χ3n) is 4.47. The van der Waals surface area contributed by atoms with Gasteiger partial charge in [-0.25, -0.2) is 0 Å². The van der Waals surface area contributed by atoms with Gasteiger partial charge in [0.15, 0.2) is 0 Å². The van der Waals surface area contributed by atoms with E-state index in [9.17, 15) is 0 Å². The van der Waals surface area contributed by atoms with Gasteiger partial charge in [0, 0.05) is 20.9 Å². The summed E-state index contributed by atoms with van der Waals surface area (Å²) in [5, 5.41) is 9.66. The second-order valence-electron chi connectivity index (χ2n) is 5.80. The highest BCUT2D eigenvalue weighted by Crippen LogP contribution is 2.45. The van der Waals surface area contributed by atoms with Crippen LogP contribution in [0, 0.1) is 0 Å². The third kappa shape index (κ3) is 2.04. The summed E-state index contributed by atoms with van der Waals surface area (Å²) in [7, 11) is 0. The SMILES string of the molecule is c1csc(-c2c3ccccc3c(-c3cccs3)c3ccccc23)c1. The number of hydrogen-bond acceptors (Lipinski definition) is 2. The third-order valence-corrected chi connectivity index (χ3v) is 6.24. The van der Waals surface area contributed by atoms with Crippen molar-refractivity contribution in [3.8, 4) is 20.9 Å². The summed E-state index contributed by atoms with van der Waals surface area (Å²) in [6.45, 7) is 0. The van der Waals surface area contributed by atoms with Crippen LogP contribution in [-0.4, -0.2) is 0 Å². The maximum atomic E-state index is 2.26. The lowest BCUT2D eigenvalue weighted by Crippen LogP contribution is -1.87. The molecule has 0 radical (unpaired) electrons. The molecule has 0 amide bonds. The summed E-state index contributed by atoms with van der Waals surface area (Å²) in [6, 6.07) is 26.3. The molecule has 24 heavy (non-hydrogen) atoms. The summed E-state index contributed by atoms with van der Waals surface area (Å²) in [4.78, 5) is 2.67. The Hall–Kier alpha value is -2.42. The average molecular weight is 342 g/mol. The summed E-state index contributed by atoms with van der Waals surface area (Å²) in [5.41, 5.74) is 2.72. The van der Waals surface area contributed by atoms with Crippen molar-refractivity contribution in [2.24, 2.45) is 0 Å². The summed E-state index contributed by atoms with van der Waals surface area (Å²) in [5.74, 6) is 0. The van der Waals surface area contributed by atoms with Crippen molar-refractivity contribution in [3.63, 3.8) is 0 Å². The van der Waals surface area contributed by atoms with Gasteiger partial charge in [-0.2, -0.15) is 0 Å². The van der Waals surface area contributed by atoms with Crippen LogP contribution in [0.2, 0.25) is 0 Å². The Bertz CT molecular complexity index is 984. The summed E-state index contributed by atoms with van der Waals surface area (Å²) >= 11 is 3.62. The maximum Gasteiger partial charge on any atom is 0.0355 e. The van der Waals surface area contributed by atoms with Crippen LogP contribution in [0.4, 0.5) is 0 Å². The molecule has 2 heteroatoms. The molecule has 0 N–H and O–H groups in total. The molecule has 0 aliphatic carbocycles. The lowest BCUT2D eigenvalue weighted by molar-refractivity contribution is 1.75. The lowest BCUT2D eigenvalue weighted by atomic mass is 9.90. The molecule has 0 saturated carbocycles. The van der Waals surface area contributed by atoms with Crippen molar-refractivity contribution in [2.75, 3.05) is 0 Å². The number of fused-ring (bicyclic) bond motifs is 2. The van der Waals surface area contributed by atoms with E-state index in [2.05, 4.69) is 83.6 Å². The lowest BCUT2D eigenvalue weighted by Gasteiger charge is -2.15. The number of thiophene rings is 2. The molecule has 0 saturated heterocycles. The fourth-order valence-electron chi connectivity index (χ4n) is 3.50. The Balaban J connectivity index is 2.06. The molecule has 0 spiro atoms. The standard InChI is InChI=1S/C22H14S2/c1-2-8-16-15(7-1)21(19-11-5-13-23-19)17-9-3-4-10-18(17)22(16)20-12-6-14-24-20/h1-14H. The van der Waals surface area contributed by atoms with Crippen LogP contribution in [0.15, 0.2) is 83.6 Å². The minimum absolute atomic E-state index is 1.33. The first-order valence-electron chi connectivity index (χ1n) is 7.95. The fourth-order valence-corrected chi connectivity index (χ4v) is 5.10.